The number of para-hydroxylation sites is 1. The van der Waals surface area contributed by atoms with Gasteiger partial charge in [-0.2, -0.15) is 4.31 Å². The van der Waals surface area contributed by atoms with Crippen LogP contribution in [-0.2, 0) is 21.2 Å². The topological polar surface area (TPSA) is 75.7 Å². The van der Waals surface area contributed by atoms with E-state index in [9.17, 15) is 13.2 Å². The number of amides is 1. The first-order valence-corrected chi connectivity index (χ1v) is 11.3. The second-order valence-electron chi connectivity index (χ2n) is 7.53. The van der Waals surface area contributed by atoms with E-state index >= 15 is 0 Å². The standard InChI is InChI=1S/C22H28N2O4S/c1-16-7-6-8-17(2)24(16)29(26,27)20-13-11-19(12-14-20)23-22(25)15-18-9-4-5-10-21(18)28-3/h4-5,9-14,16-17H,6-8,15H2,1-3H3,(H,23,25)/t16-,17-/m0/s1. The smallest absolute Gasteiger partial charge is 0.243 e. The van der Waals surface area contributed by atoms with Crippen molar-refractivity contribution < 1.29 is 17.9 Å². The summed E-state index contributed by atoms with van der Waals surface area (Å²) in [5, 5.41) is 2.81. The van der Waals surface area contributed by atoms with Crippen LogP contribution in [0.15, 0.2) is 53.4 Å². The molecule has 1 N–H and O–H groups in total. The zero-order chi connectivity index (χ0) is 21.0. The lowest BCUT2D eigenvalue weighted by molar-refractivity contribution is -0.115. The zero-order valence-electron chi connectivity index (χ0n) is 17.1. The Bertz CT molecular complexity index is 947. The Morgan fingerprint density at radius 2 is 1.69 bits per heavy atom. The number of carbonyl (C=O) groups is 1. The van der Waals surface area contributed by atoms with Gasteiger partial charge in [-0.05, 0) is 57.0 Å². The molecule has 2 atom stereocenters. The fraction of sp³-hybridized carbons (Fsp3) is 0.409. The summed E-state index contributed by atoms with van der Waals surface area (Å²) < 4.78 is 33.0. The highest BCUT2D eigenvalue weighted by Crippen LogP contribution is 2.30. The number of nitrogens with one attached hydrogen (secondary N) is 1. The molecular formula is C22H28N2O4S. The summed E-state index contributed by atoms with van der Waals surface area (Å²) >= 11 is 0. The number of hydrogen-bond donors (Lipinski definition) is 1. The third-order valence-electron chi connectivity index (χ3n) is 5.37. The van der Waals surface area contributed by atoms with Gasteiger partial charge in [-0.3, -0.25) is 4.79 Å². The molecule has 0 aromatic heterocycles. The van der Waals surface area contributed by atoms with E-state index in [1.807, 2.05) is 38.1 Å². The van der Waals surface area contributed by atoms with Crippen LogP contribution in [0, 0.1) is 0 Å². The van der Waals surface area contributed by atoms with Gasteiger partial charge in [0.1, 0.15) is 5.75 Å². The van der Waals surface area contributed by atoms with Crippen molar-refractivity contribution >= 4 is 21.6 Å². The lowest BCUT2D eigenvalue weighted by Crippen LogP contribution is -2.47. The number of rotatable bonds is 6. The highest BCUT2D eigenvalue weighted by molar-refractivity contribution is 7.89. The van der Waals surface area contributed by atoms with E-state index in [1.54, 1.807) is 35.7 Å². The first kappa shape index (κ1) is 21.3. The van der Waals surface area contributed by atoms with Crippen molar-refractivity contribution in [3.8, 4) is 5.75 Å². The maximum absolute atomic E-state index is 13.1. The van der Waals surface area contributed by atoms with Crippen LogP contribution in [0.25, 0.3) is 0 Å². The predicted molar refractivity (Wildman–Crippen MR) is 114 cm³/mol. The van der Waals surface area contributed by atoms with Crippen LogP contribution in [-0.4, -0.2) is 37.8 Å². The normalized spacial score (nSPS) is 20.2. The Labute approximate surface area is 172 Å². The Hall–Kier alpha value is -2.38. The van der Waals surface area contributed by atoms with Gasteiger partial charge in [0.2, 0.25) is 15.9 Å². The number of anilines is 1. The maximum atomic E-state index is 13.1. The first-order chi connectivity index (χ1) is 13.8. The third-order valence-corrected chi connectivity index (χ3v) is 7.51. The fourth-order valence-corrected chi connectivity index (χ4v) is 5.81. The van der Waals surface area contributed by atoms with Gasteiger partial charge in [-0.1, -0.05) is 24.6 Å². The van der Waals surface area contributed by atoms with E-state index in [0.29, 0.717) is 11.4 Å². The zero-order valence-corrected chi connectivity index (χ0v) is 17.9. The van der Waals surface area contributed by atoms with Crippen LogP contribution in [0.3, 0.4) is 0 Å². The van der Waals surface area contributed by atoms with Crippen LogP contribution in [0.2, 0.25) is 0 Å². The van der Waals surface area contributed by atoms with Crippen LogP contribution < -0.4 is 10.1 Å². The lowest BCUT2D eigenvalue weighted by atomic mass is 10.0. The molecule has 2 aromatic carbocycles. The molecule has 29 heavy (non-hydrogen) atoms. The van der Waals surface area contributed by atoms with Gasteiger partial charge in [-0.25, -0.2) is 8.42 Å². The Balaban J connectivity index is 1.70. The Morgan fingerprint density at radius 3 is 2.31 bits per heavy atom. The maximum Gasteiger partial charge on any atom is 0.243 e. The lowest BCUT2D eigenvalue weighted by Gasteiger charge is -2.37. The number of hydrogen-bond acceptors (Lipinski definition) is 4. The van der Waals surface area contributed by atoms with E-state index in [2.05, 4.69) is 5.32 Å². The van der Waals surface area contributed by atoms with Gasteiger partial charge < -0.3 is 10.1 Å². The molecule has 1 aliphatic heterocycles. The molecule has 6 nitrogen and oxygen atoms in total. The minimum atomic E-state index is -3.56. The molecule has 1 saturated heterocycles. The second kappa shape index (κ2) is 8.97. The third kappa shape index (κ3) is 4.79. The van der Waals surface area contributed by atoms with Crippen LogP contribution >= 0.6 is 0 Å². The summed E-state index contributed by atoms with van der Waals surface area (Å²) in [7, 11) is -1.99. The van der Waals surface area contributed by atoms with Gasteiger partial charge >= 0.3 is 0 Å². The van der Waals surface area contributed by atoms with Crippen LogP contribution in [0.1, 0.15) is 38.7 Å². The number of carbonyl (C=O) groups excluding carboxylic acids is 1. The van der Waals surface area contributed by atoms with Crippen molar-refractivity contribution in [3.05, 3.63) is 54.1 Å². The van der Waals surface area contributed by atoms with E-state index in [1.165, 1.54) is 0 Å². The number of piperidine rings is 1. The summed E-state index contributed by atoms with van der Waals surface area (Å²) in [6.45, 7) is 3.92. The fourth-order valence-electron chi connectivity index (χ4n) is 3.93. The molecule has 0 unspecified atom stereocenters. The molecule has 1 aliphatic rings. The molecule has 0 spiro atoms. The molecule has 1 amide bonds. The van der Waals surface area contributed by atoms with Crippen molar-refractivity contribution in [2.24, 2.45) is 0 Å². The van der Waals surface area contributed by atoms with E-state index in [0.717, 1.165) is 24.8 Å². The average Bonchev–Trinajstić information content (AvgIpc) is 2.68. The van der Waals surface area contributed by atoms with Crippen LogP contribution in [0.4, 0.5) is 5.69 Å². The van der Waals surface area contributed by atoms with Gasteiger partial charge in [0.25, 0.3) is 0 Å². The summed E-state index contributed by atoms with van der Waals surface area (Å²) in [6, 6.07) is 13.7. The van der Waals surface area contributed by atoms with Gasteiger partial charge in [-0.15, -0.1) is 0 Å². The molecular weight excluding hydrogens is 388 g/mol. The SMILES string of the molecule is COc1ccccc1CC(=O)Nc1ccc(S(=O)(=O)N2[C@@H](C)CCC[C@@H]2C)cc1. The quantitative estimate of drug-likeness (QED) is 0.777. The minimum Gasteiger partial charge on any atom is -0.496 e. The van der Waals surface area contributed by atoms with E-state index in [4.69, 9.17) is 4.74 Å². The number of benzene rings is 2. The van der Waals surface area contributed by atoms with Gasteiger partial charge in [0, 0.05) is 23.3 Å². The molecule has 3 rings (SSSR count). The monoisotopic (exact) mass is 416 g/mol. The first-order valence-electron chi connectivity index (χ1n) is 9.88. The number of ether oxygens (including phenoxy) is 1. The summed E-state index contributed by atoms with van der Waals surface area (Å²) in [5.74, 6) is 0.470. The molecule has 156 valence electrons. The van der Waals surface area contributed by atoms with E-state index in [-0.39, 0.29) is 29.3 Å². The van der Waals surface area contributed by atoms with Crippen molar-refractivity contribution in [2.45, 2.75) is 56.5 Å². The Kier molecular flexibility index (Phi) is 6.59. The van der Waals surface area contributed by atoms with Crippen LogP contribution in [0.5, 0.6) is 5.75 Å². The number of methoxy groups -OCH3 is 1. The average molecular weight is 417 g/mol. The summed E-state index contributed by atoms with van der Waals surface area (Å²) in [5.41, 5.74) is 1.35. The minimum absolute atomic E-state index is 0.0102. The molecule has 7 heteroatoms. The Morgan fingerprint density at radius 1 is 1.07 bits per heavy atom. The molecule has 2 aromatic rings. The van der Waals surface area contributed by atoms with Gasteiger partial charge in [0.15, 0.2) is 0 Å². The predicted octanol–water partition coefficient (Wildman–Crippen LogP) is 3.83. The molecule has 0 saturated carbocycles. The molecule has 0 aliphatic carbocycles. The molecule has 1 heterocycles. The highest BCUT2D eigenvalue weighted by atomic mass is 32.2. The number of nitrogens with zero attached hydrogens (tertiary/aromatic N) is 1. The largest absolute Gasteiger partial charge is 0.496 e. The van der Waals surface area contributed by atoms with Crippen molar-refractivity contribution in [1.29, 1.82) is 0 Å². The molecule has 0 radical (unpaired) electrons. The van der Waals surface area contributed by atoms with Crippen molar-refractivity contribution in [2.75, 3.05) is 12.4 Å². The second-order valence-corrected chi connectivity index (χ2v) is 9.37. The molecule has 1 fully saturated rings. The molecule has 0 bridgehead atoms. The van der Waals surface area contributed by atoms with Crippen molar-refractivity contribution in [3.63, 3.8) is 0 Å². The van der Waals surface area contributed by atoms with Crippen molar-refractivity contribution in [1.82, 2.24) is 4.31 Å². The number of sulfonamides is 1. The summed E-state index contributed by atoms with van der Waals surface area (Å²) in [4.78, 5) is 12.6. The highest BCUT2D eigenvalue weighted by Gasteiger charge is 2.35. The van der Waals surface area contributed by atoms with Gasteiger partial charge in [0.05, 0.1) is 18.4 Å². The summed E-state index contributed by atoms with van der Waals surface area (Å²) in [6.07, 6.45) is 2.97. The van der Waals surface area contributed by atoms with E-state index < -0.39 is 10.0 Å².